The van der Waals surface area contributed by atoms with Gasteiger partial charge in [0.2, 0.25) is 15.9 Å². The molecule has 1 aliphatic rings. The molecule has 110 valence electrons. The molecular weight excluding hydrogens is 278 g/mol. The number of rotatable bonds is 5. The van der Waals surface area contributed by atoms with Gasteiger partial charge in [0.15, 0.2) is 0 Å². The van der Waals surface area contributed by atoms with Crippen LogP contribution >= 0.6 is 0 Å². The zero-order chi connectivity index (χ0) is 14.8. The number of hydrogen-bond donors (Lipinski definition) is 1. The highest BCUT2D eigenvalue weighted by Gasteiger charge is 2.40. The zero-order valence-electron chi connectivity index (χ0n) is 11.7. The van der Waals surface area contributed by atoms with Crippen molar-refractivity contribution in [1.29, 1.82) is 0 Å². The number of nitrogens with one attached hydrogen (secondary N) is 1. The van der Waals surface area contributed by atoms with Crippen LogP contribution in [0.5, 0.6) is 5.75 Å². The summed E-state index contributed by atoms with van der Waals surface area (Å²) in [5.41, 5.74) is 0.0602. The average Bonchev–Trinajstić information content (AvgIpc) is 2.34. The van der Waals surface area contributed by atoms with Crippen molar-refractivity contribution < 1.29 is 17.9 Å². The van der Waals surface area contributed by atoms with Gasteiger partial charge < -0.3 is 4.74 Å². The fourth-order valence-electron chi connectivity index (χ4n) is 2.22. The van der Waals surface area contributed by atoms with E-state index in [1.54, 1.807) is 31.2 Å². The van der Waals surface area contributed by atoms with Crippen LogP contribution in [0.3, 0.4) is 0 Å². The highest BCUT2D eigenvalue weighted by Crippen LogP contribution is 2.40. The predicted octanol–water partition coefficient (Wildman–Crippen LogP) is 1.83. The van der Waals surface area contributed by atoms with Crippen LogP contribution in [-0.4, -0.2) is 21.4 Å². The Bertz CT molecular complexity index is 605. The van der Waals surface area contributed by atoms with Gasteiger partial charge in [0, 0.05) is 5.41 Å². The smallest absolute Gasteiger partial charge is 0.239 e. The minimum absolute atomic E-state index is 0.230. The molecule has 0 radical (unpaired) electrons. The SMILES string of the molecule is COc1cccc(CS(=O)(=O)NC(=O)C2(C)CCC2)c1. The molecule has 2 rings (SSSR count). The third-order valence-electron chi connectivity index (χ3n) is 3.74. The van der Waals surface area contributed by atoms with Gasteiger partial charge in [0.25, 0.3) is 0 Å². The van der Waals surface area contributed by atoms with Crippen LogP contribution in [-0.2, 0) is 20.6 Å². The highest BCUT2D eigenvalue weighted by atomic mass is 32.2. The van der Waals surface area contributed by atoms with E-state index in [0.717, 1.165) is 19.3 Å². The van der Waals surface area contributed by atoms with E-state index in [0.29, 0.717) is 11.3 Å². The van der Waals surface area contributed by atoms with Crippen LogP contribution < -0.4 is 9.46 Å². The first-order valence-corrected chi connectivity index (χ1v) is 8.18. The van der Waals surface area contributed by atoms with Gasteiger partial charge in [0.05, 0.1) is 12.9 Å². The Morgan fingerprint density at radius 1 is 1.40 bits per heavy atom. The van der Waals surface area contributed by atoms with E-state index in [-0.39, 0.29) is 5.75 Å². The maximum atomic E-state index is 12.0. The maximum absolute atomic E-state index is 12.0. The van der Waals surface area contributed by atoms with Crippen LogP contribution in [0.15, 0.2) is 24.3 Å². The lowest BCUT2D eigenvalue weighted by Crippen LogP contribution is -2.46. The van der Waals surface area contributed by atoms with E-state index in [1.807, 2.05) is 0 Å². The number of methoxy groups -OCH3 is 1. The zero-order valence-corrected chi connectivity index (χ0v) is 12.5. The summed E-state index contributed by atoms with van der Waals surface area (Å²) < 4.78 is 31.3. The molecule has 0 spiro atoms. The van der Waals surface area contributed by atoms with Crippen molar-refractivity contribution in [3.63, 3.8) is 0 Å². The lowest BCUT2D eigenvalue weighted by atomic mass is 9.70. The van der Waals surface area contributed by atoms with Crippen molar-refractivity contribution in [2.75, 3.05) is 7.11 Å². The fourth-order valence-corrected chi connectivity index (χ4v) is 3.44. The molecule has 1 aliphatic carbocycles. The van der Waals surface area contributed by atoms with Gasteiger partial charge in [-0.3, -0.25) is 9.52 Å². The van der Waals surface area contributed by atoms with Gasteiger partial charge in [-0.05, 0) is 30.5 Å². The number of carbonyl (C=O) groups is 1. The molecule has 1 saturated carbocycles. The molecule has 6 heteroatoms. The minimum atomic E-state index is -3.67. The van der Waals surface area contributed by atoms with Gasteiger partial charge in [-0.15, -0.1) is 0 Å². The summed E-state index contributed by atoms with van der Waals surface area (Å²) in [5.74, 6) is -0.0342. The van der Waals surface area contributed by atoms with E-state index < -0.39 is 21.3 Å². The van der Waals surface area contributed by atoms with E-state index in [4.69, 9.17) is 4.74 Å². The molecule has 0 heterocycles. The van der Waals surface area contributed by atoms with Crippen molar-refractivity contribution in [3.8, 4) is 5.75 Å². The van der Waals surface area contributed by atoms with Crippen LogP contribution in [0.2, 0.25) is 0 Å². The summed E-state index contributed by atoms with van der Waals surface area (Å²) in [6, 6.07) is 6.80. The van der Waals surface area contributed by atoms with Crippen molar-refractivity contribution in [2.45, 2.75) is 31.9 Å². The van der Waals surface area contributed by atoms with Crippen LogP contribution in [0.4, 0.5) is 0 Å². The third-order valence-corrected chi connectivity index (χ3v) is 4.95. The van der Waals surface area contributed by atoms with Crippen molar-refractivity contribution in [2.24, 2.45) is 5.41 Å². The molecule has 0 aliphatic heterocycles. The Balaban J connectivity index is 2.05. The minimum Gasteiger partial charge on any atom is -0.497 e. The maximum Gasteiger partial charge on any atom is 0.239 e. The molecule has 1 fully saturated rings. The Morgan fingerprint density at radius 2 is 2.10 bits per heavy atom. The largest absolute Gasteiger partial charge is 0.497 e. The first kappa shape index (κ1) is 14.8. The molecule has 1 amide bonds. The Labute approximate surface area is 119 Å². The van der Waals surface area contributed by atoms with E-state index >= 15 is 0 Å². The van der Waals surface area contributed by atoms with E-state index in [9.17, 15) is 13.2 Å². The number of hydrogen-bond acceptors (Lipinski definition) is 4. The first-order valence-electron chi connectivity index (χ1n) is 6.52. The predicted molar refractivity (Wildman–Crippen MR) is 75.7 cm³/mol. The molecule has 20 heavy (non-hydrogen) atoms. The molecule has 0 bridgehead atoms. The van der Waals surface area contributed by atoms with Gasteiger partial charge in [0.1, 0.15) is 5.75 Å². The molecule has 0 saturated heterocycles. The Kier molecular flexibility index (Phi) is 4.04. The van der Waals surface area contributed by atoms with Gasteiger partial charge in [-0.2, -0.15) is 0 Å². The topological polar surface area (TPSA) is 72.5 Å². The fraction of sp³-hybridized carbons (Fsp3) is 0.500. The quantitative estimate of drug-likeness (QED) is 0.900. The monoisotopic (exact) mass is 297 g/mol. The summed E-state index contributed by atoms with van der Waals surface area (Å²) in [5, 5.41) is 0. The average molecular weight is 297 g/mol. The number of carbonyl (C=O) groups excluding carboxylic acids is 1. The number of ether oxygens (including phenoxy) is 1. The molecule has 1 aromatic rings. The van der Waals surface area contributed by atoms with Crippen LogP contribution in [0, 0.1) is 5.41 Å². The van der Waals surface area contributed by atoms with Crippen LogP contribution in [0.25, 0.3) is 0 Å². The summed E-state index contributed by atoms with van der Waals surface area (Å²) in [6.45, 7) is 1.80. The molecule has 0 aromatic heterocycles. The van der Waals surface area contributed by atoms with Crippen molar-refractivity contribution >= 4 is 15.9 Å². The second kappa shape index (κ2) is 5.44. The molecule has 1 N–H and O–H groups in total. The first-order chi connectivity index (χ1) is 9.35. The Hall–Kier alpha value is -1.56. The third kappa shape index (κ3) is 3.30. The molecular formula is C14H19NO4S. The van der Waals surface area contributed by atoms with Crippen LogP contribution in [0.1, 0.15) is 31.7 Å². The normalized spacial score (nSPS) is 17.1. The van der Waals surface area contributed by atoms with Gasteiger partial charge in [-0.1, -0.05) is 25.5 Å². The second-order valence-electron chi connectivity index (χ2n) is 5.46. The summed E-state index contributed by atoms with van der Waals surface area (Å²) in [7, 11) is -2.15. The summed E-state index contributed by atoms with van der Waals surface area (Å²) >= 11 is 0. The van der Waals surface area contributed by atoms with E-state index in [1.165, 1.54) is 7.11 Å². The molecule has 1 aromatic carbocycles. The standard InChI is InChI=1S/C14H19NO4S/c1-14(7-4-8-14)13(16)15-20(17,18)10-11-5-3-6-12(9-11)19-2/h3,5-6,9H,4,7-8,10H2,1-2H3,(H,15,16). The molecule has 0 unspecified atom stereocenters. The molecule has 0 atom stereocenters. The number of amides is 1. The summed E-state index contributed by atoms with van der Waals surface area (Å²) in [4.78, 5) is 12.0. The second-order valence-corrected chi connectivity index (χ2v) is 7.18. The van der Waals surface area contributed by atoms with Gasteiger partial charge >= 0.3 is 0 Å². The van der Waals surface area contributed by atoms with E-state index in [2.05, 4.69) is 4.72 Å². The van der Waals surface area contributed by atoms with Crippen molar-refractivity contribution in [1.82, 2.24) is 4.72 Å². The van der Waals surface area contributed by atoms with Crippen molar-refractivity contribution in [3.05, 3.63) is 29.8 Å². The lowest BCUT2D eigenvalue weighted by molar-refractivity contribution is -0.132. The number of benzene rings is 1. The van der Waals surface area contributed by atoms with Gasteiger partial charge in [-0.25, -0.2) is 8.42 Å². The highest BCUT2D eigenvalue weighted by molar-refractivity contribution is 7.89. The Morgan fingerprint density at radius 3 is 2.65 bits per heavy atom. The summed E-state index contributed by atoms with van der Waals surface area (Å²) in [6.07, 6.45) is 2.46. The lowest BCUT2D eigenvalue weighted by Gasteiger charge is -2.36. The molecule has 5 nitrogen and oxygen atoms in total. The number of sulfonamides is 1.